The SMILES string of the molecule is CC(CCNC(=O)CC(N)c1ccccc1)c1cccc(C(F)(F)F)c1.Cl. The number of amides is 1. The number of hydrogen-bond donors (Lipinski definition) is 2. The Kier molecular flexibility index (Phi) is 8.79. The van der Waals surface area contributed by atoms with Crippen molar-refractivity contribution in [3.63, 3.8) is 0 Å². The lowest BCUT2D eigenvalue weighted by atomic mass is 9.96. The van der Waals surface area contributed by atoms with Gasteiger partial charge in [-0.15, -0.1) is 12.4 Å². The van der Waals surface area contributed by atoms with E-state index in [1.54, 1.807) is 6.07 Å². The van der Waals surface area contributed by atoms with Crippen LogP contribution in [0.15, 0.2) is 54.6 Å². The van der Waals surface area contributed by atoms with E-state index in [1.807, 2.05) is 37.3 Å². The molecule has 1 amide bonds. The predicted molar refractivity (Wildman–Crippen MR) is 103 cm³/mol. The van der Waals surface area contributed by atoms with Crippen LogP contribution in [0.2, 0.25) is 0 Å². The summed E-state index contributed by atoms with van der Waals surface area (Å²) in [5.41, 5.74) is 6.85. The first-order valence-electron chi connectivity index (χ1n) is 8.51. The Bertz CT molecular complexity index is 723. The van der Waals surface area contributed by atoms with Gasteiger partial charge in [0.05, 0.1) is 5.56 Å². The van der Waals surface area contributed by atoms with Crippen LogP contribution in [0.1, 0.15) is 48.4 Å². The molecule has 3 nitrogen and oxygen atoms in total. The van der Waals surface area contributed by atoms with Gasteiger partial charge in [-0.3, -0.25) is 4.79 Å². The number of halogens is 4. The van der Waals surface area contributed by atoms with E-state index >= 15 is 0 Å². The van der Waals surface area contributed by atoms with E-state index in [2.05, 4.69) is 5.32 Å². The van der Waals surface area contributed by atoms with Gasteiger partial charge in [0.25, 0.3) is 0 Å². The van der Waals surface area contributed by atoms with Gasteiger partial charge in [-0.2, -0.15) is 13.2 Å². The van der Waals surface area contributed by atoms with Crippen molar-refractivity contribution in [2.24, 2.45) is 5.73 Å². The Balaban J connectivity index is 0.00000364. The third-order valence-corrected chi connectivity index (χ3v) is 4.32. The van der Waals surface area contributed by atoms with Crippen molar-refractivity contribution < 1.29 is 18.0 Å². The summed E-state index contributed by atoms with van der Waals surface area (Å²) in [5.74, 6) is -0.266. The molecule has 0 aliphatic heterocycles. The molecule has 0 radical (unpaired) electrons. The average Bonchev–Trinajstić information content (AvgIpc) is 2.61. The van der Waals surface area contributed by atoms with Gasteiger partial charge in [0.15, 0.2) is 0 Å². The van der Waals surface area contributed by atoms with Gasteiger partial charge in [0.2, 0.25) is 5.91 Å². The van der Waals surface area contributed by atoms with Gasteiger partial charge in [0.1, 0.15) is 0 Å². The average molecular weight is 401 g/mol. The van der Waals surface area contributed by atoms with Crippen molar-refractivity contribution in [2.45, 2.75) is 37.9 Å². The molecule has 148 valence electrons. The molecular weight excluding hydrogens is 377 g/mol. The number of hydrogen-bond acceptors (Lipinski definition) is 2. The third-order valence-electron chi connectivity index (χ3n) is 4.32. The van der Waals surface area contributed by atoms with E-state index in [-0.39, 0.29) is 36.7 Å². The van der Waals surface area contributed by atoms with Crippen LogP contribution in [0.3, 0.4) is 0 Å². The van der Waals surface area contributed by atoms with Crippen molar-refractivity contribution >= 4 is 18.3 Å². The molecule has 7 heteroatoms. The topological polar surface area (TPSA) is 55.1 Å². The van der Waals surface area contributed by atoms with Gasteiger partial charge in [0, 0.05) is 19.0 Å². The van der Waals surface area contributed by atoms with Crippen LogP contribution in [0.5, 0.6) is 0 Å². The molecule has 2 aromatic rings. The molecular formula is C20H24ClF3N2O. The molecule has 2 rings (SSSR count). The Morgan fingerprint density at radius 2 is 1.70 bits per heavy atom. The maximum Gasteiger partial charge on any atom is 0.416 e. The van der Waals surface area contributed by atoms with E-state index in [0.717, 1.165) is 17.7 Å². The van der Waals surface area contributed by atoms with Crippen LogP contribution in [0.4, 0.5) is 13.2 Å². The lowest BCUT2D eigenvalue weighted by molar-refractivity contribution is -0.137. The van der Waals surface area contributed by atoms with Crippen molar-refractivity contribution in [1.29, 1.82) is 0 Å². The first-order chi connectivity index (χ1) is 12.3. The Morgan fingerprint density at radius 3 is 2.33 bits per heavy atom. The number of rotatable bonds is 7. The smallest absolute Gasteiger partial charge is 0.356 e. The minimum atomic E-state index is -4.35. The number of alkyl halides is 3. The summed E-state index contributed by atoms with van der Waals surface area (Å²) in [6, 6.07) is 14.3. The summed E-state index contributed by atoms with van der Waals surface area (Å²) < 4.78 is 38.3. The van der Waals surface area contributed by atoms with E-state index in [4.69, 9.17) is 5.73 Å². The fourth-order valence-corrected chi connectivity index (χ4v) is 2.71. The number of carbonyl (C=O) groups excluding carboxylic acids is 1. The molecule has 0 aliphatic rings. The normalized spacial score (nSPS) is 13.4. The Labute approximate surface area is 163 Å². The van der Waals surface area contributed by atoms with Gasteiger partial charge in [-0.1, -0.05) is 55.5 Å². The van der Waals surface area contributed by atoms with E-state index in [0.29, 0.717) is 18.5 Å². The Morgan fingerprint density at radius 1 is 1.07 bits per heavy atom. The Hall–Kier alpha value is -2.05. The van der Waals surface area contributed by atoms with E-state index < -0.39 is 11.7 Å². The largest absolute Gasteiger partial charge is 0.416 e. The third kappa shape index (κ3) is 7.23. The van der Waals surface area contributed by atoms with Crippen LogP contribution in [0, 0.1) is 0 Å². The maximum absolute atomic E-state index is 12.8. The molecule has 0 aromatic heterocycles. The van der Waals surface area contributed by atoms with Crippen LogP contribution < -0.4 is 11.1 Å². The second-order valence-electron chi connectivity index (χ2n) is 6.38. The van der Waals surface area contributed by atoms with E-state index in [1.165, 1.54) is 6.07 Å². The van der Waals surface area contributed by atoms with Crippen molar-refractivity contribution in [3.8, 4) is 0 Å². The summed E-state index contributed by atoms with van der Waals surface area (Å²) in [5, 5.41) is 2.79. The molecule has 0 fully saturated rings. The predicted octanol–water partition coefficient (Wildman–Crippen LogP) is 4.83. The zero-order valence-corrected chi connectivity index (χ0v) is 15.8. The van der Waals surface area contributed by atoms with Crippen molar-refractivity contribution in [3.05, 3.63) is 71.3 Å². The summed E-state index contributed by atoms with van der Waals surface area (Å²) >= 11 is 0. The second-order valence-corrected chi connectivity index (χ2v) is 6.38. The first kappa shape index (κ1) is 23.0. The number of nitrogens with two attached hydrogens (primary N) is 1. The quantitative estimate of drug-likeness (QED) is 0.699. The van der Waals surface area contributed by atoms with Crippen molar-refractivity contribution in [2.75, 3.05) is 6.54 Å². The highest BCUT2D eigenvalue weighted by molar-refractivity contribution is 5.85. The first-order valence-corrected chi connectivity index (χ1v) is 8.51. The molecule has 2 atom stereocenters. The molecule has 0 bridgehead atoms. The highest BCUT2D eigenvalue weighted by atomic mass is 35.5. The van der Waals surface area contributed by atoms with Gasteiger partial charge in [-0.25, -0.2) is 0 Å². The zero-order valence-electron chi connectivity index (χ0n) is 15.0. The number of benzene rings is 2. The highest BCUT2D eigenvalue weighted by Gasteiger charge is 2.30. The van der Waals surface area contributed by atoms with E-state index in [9.17, 15) is 18.0 Å². The van der Waals surface area contributed by atoms with Crippen molar-refractivity contribution in [1.82, 2.24) is 5.32 Å². The minimum absolute atomic E-state index is 0. The second kappa shape index (κ2) is 10.3. The molecule has 27 heavy (non-hydrogen) atoms. The molecule has 0 saturated heterocycles. The molecule has 2 unspecified atom stereocenters. The summed E-state index contributed by atoms with van der Waals surface area (Å²) in [6.07, 6.45) is -3.63. The lowest BCUT2D eigenvalue weighted by Crippen LogP contribution is -2.28. The van der Waals surface area contributed by atoms with Crippen LogP contribution in [-0.2, 0) is 11.0 Å². The minimum Gasteiger partial charge on any atom is -0.356 e. The van der Waals surface area contributed by atoms with Gasteiger partial charge >= 0.3 is 6.18 Å². The fourth-order valence-electron chi connectivity index (χ4n) is 2.71. The number of nitrogens with one attached hydrogen (secondary N) is 1. The van der Waals surface area contributed by atoms with Gasteiger partial charge in [-0.05, 0) is 29.5 Å². The summed E-state index contributed by atoms with van der Waals surface area (Å²) in [6.45, 7) is 2.23. The molecule has 3 N–H and O–H groups in total. The van der Waals surface area contributed by atoms with Crippen LogP contribution >= 0.6 is 12.4 Å². The monoisotopic (exact) mass is 400 g/mol. The lowest BCUT2D eigenvalue weighted by Gasteiger charge is -2.16. The fraction of sp³-hybridized carbons (Fsp3) is 0.350. The standard InChI is InChI=1S/C20H23F3N2O.ClH/c1-14(16-8-5-9-17(12-16)20(21,22)23)10-11-25-19(26)13-18(24)15-6-3-2-4-7-15;/h2-9,12,14,18H,10-11,13,24H2,1H3,(H,25,26);1H. The zero-order chi connectivity index (χ0) is 19.2. The molecule has 0 saturated carbocycles. The number of carbonyl (C=O) groups is 1. The van der Waals surface area contributed by atoms with Crippen LogP contribution in [0.25, 0.3) is 0 Å². The molecule has 0 aliphatic carbocycles. The summed E-state index contributed by atoms with van der Waals surface area (Å²) in [7, 11) is 0. The van der Waals surface area contributed by atoms with Crippen LogP contribution in [-0.4, -0.2) is 12.5 Å². The van der Waals surface area contributed by atoms with Gasteiger partial charge < -0.3 is 11.1 Å². The molecule has 2 aromatic carbocycles. The summed E-state index contributed by atoms with van der Waals surface area (Å²) in [4.78, 5) is 12.0. The maximum atomic E-state index is 12.8. The molecule has 0 heterocycles. The molecule has 0 spiro atoms. The highest BCUT2D eigenvalue weighted by Crippen LogP contribution is 2.31.